The van der Waals surface area contributed by atoms with Crippen molar-refractivity contribution in [2.24, 2.45) is 0 Å². The second-order valence-corrected chi connectivity index (χ2v) is 7.72. The third kappa shape index (κ3) is 5.90. The summed E-state index contributed by atoms with van der Waals surface area (Å²) in [5.74, 6) is 0.545. The van der Waals surface area contributed by atoms with Gasteiger partial charge in [-0.25, -0.2) is 4.98 Å². The SMILES string of the molecule is CCCc1ccc(N(C)c2nc(Nc3ccc(OC(C)C)cc3)ncc2C(F)(F)F)cc1. The van der Waals surface area contributed by atoms with Gasteiger partial charge in [0, 0.05) is 24.6 Å². The van der Waals surface area contributed by atoms with E-state index >= 15 is 0 Å². The second-order valence-electron chi connectivity index (χ2n) is 7.72. The molecule has 0 bridgehead atoms. The maximum atomic E-state index is 13.7. The predicted molar refractivity (Wildman–Crippen MR) is 121 cm³/mol. The van der Waals surface area contributed by atoms with Gasteiger partial charge in [-0.05, 0) is 62.2 Å². The van der Waals surface area contributed by atoms with Gasteiger partial charge < -0.3 is 15.0 Å². The fourth-order valence-electron chi connectivity index (χ4n) is 3.20. The molecule has 0 aliphatic carbocycles. The van der Waals surface area contributed by atoms with E-state index in [1.54, 1.807) is 43.4 Å². The van der Waals surface area contributed by atoms with E-state index in [4.69, 9.17) is 4.74 Å². The quantitative estimate of drug-likeness (QED) is 0.417. The summed E-state index contributed by atoms with van der Waals surface area (Å²) in [7, 11) is 1.56. The second kappa shape index (κ2) is 9.89. The molecule has 3 rings (SSSR count). The molecule has 0 aliphatic rings. The summed E-state index contributed by atoms with van der Waals surface area (Å²) < 4.78 is 46.6. The molecule has 8 heteroatoms. The zero-order valence-electron chi connectivity index (χ0n) is 18.6. The van der Waals surface area contributed by atoms with Crippen molar-refractivity contribution in [2.75, 3.05) is 17.3 Å². The van der Waals surface area contributed by atoms with E-state index in [0.717, 1.165) is 24.6 Å². The summed E-state index contributed by atoms with van der Waals surface area (Å²) in [4.78, 5) is 9.50. The maximum absolute atomic E-state index is 13.7. The number of nitrogens with zero attached hydrogens (tertiary/aromatic N) is 3. The molecule has 0 atom stereocenters. The van der Waals surface area contributed by atoms with E-state index in [9.17, 15) is 13.2 Å². The normalized spacial score (nSPS) is 11.5. The molecule has 0 radical (unpaired) electrons. The van der Waals surface area contributed by atoms with E-state index in [-0.39, 0.29) is 17.9 Å². The number of anilines is 4. The van der Waals surface area contributed by atoms with Gasteiger partial charge in [0.1, 0.15) is 11.3 Å². The molecule has 1 heterocycles. The molecule has 1 N–H and O–H groups in total. The molecule has 170 valence electrons. The Morgan fingerprint density at radius 3 is 2.25 bits per heavy atom. The molecule has 0 amide bonds. The lowest BCUT2D eigenvalue weighted by molar-refractivity contribution is -0.137. The van der Waals surface area contributed by atoms with Crippen molar-refractivity contribution in [2.45, 2.75) is 45.9 Å². The Hall–Kier alpha value is -3.29. The summed E-state index contributed by atoms with van der Waals surface area (Å²) >= 11 is 0. The molecule has 0 fully saturated rings. The summed E-state index contributed by atoms with van der Waals surface area (Å²) in [5, 5.41) is 2.96. The zero-order valence-corrected chi connectivity index (χ0v) is 18.6. The van der Waals surface area contributed by atoms with Crippen LogP contribution in [0.1, 0.15) is 38.3 Å². The van der Waals surface area contributed by atoms with Crippen molar-refractivity contribution in [3.8, 4) is 5.75 Å². The van der Waals surface area contributed by atoms with Crippen molar-refractivity contribution in [3.63, 3.8) is 0 Å². The van der Waals surface area contributed by atoms with Gasteiger partial charge in [-0.15, -0.1) is 0 Å². The Morgan fingerprint density at radius 2 is 1.69 bits per heavy atom. The van der Waals surface area contributed by atoms with Gasteiger partial charge in [0.15, 0.2) is 5.82 Å². The first kappa shape index (κ1) is 23.4. The number of aromatic nitrogens is 2. The number of nitrogens with one attached hydrogen (secondary N) is 1. The van der Waals surface area contributed by atoms with E-state index in [1.165, 1.54) is 4.90 Å². The monoisotopic (exact) mass is 444 g/mol. The third-order valence-electron chi connectivity index (χ3n) is 4.74. The first-order valence-electron chi connectivity index (χ1n) is 10.5. The number of hydrogen-bond donors (Lipinski definition) is 1. The first-order chi connectivity index (χ1) is 15.2. The zero-order chi connectivity index (χ0) is 23.3. The van der Waals surface area contributed by atoms with Gasteiger partial charge in [0.25, 0.3) is 0 Å². The highest BCUT2D eigenvalue weighted by Crippen LogP contribution is 2.37. The van der Waals surface area contributed by atoms with Gasteiger partial charge in [-0.3, -0.25) is 0 Å². The lowest BCUT2D eigenvalue weighted by Gasteiger charge is -2.23. The minimum Gasteiger partial charge on any atom is -0.491 e. The fourth-order valence-corrected chi connectivity index (χ4v) is 3.20. The first-order valence-corrected chi connectivity index (χ1v) is 10.5. The highest BCUT2D eigenvalue weighted by atomic mass is 19.4. The topological polar surface area (TPSA) is 50.3 Å². The molecule has 0 saturated heterocycles. The van der Waals surface area contributed by atoms with E-state index < -0.39 is 11.7 Å². The van der Waals surface area contributed by atoms with Crippen LogP contribution in [-0.2, 0) is 12.6 Å². The standard InChI is InChI=1S/C24H27F3N4O/c1-5-6-17-7-11-19(12-8-17)31(4)22-21(24(25,26)27)15-28-23(30-22)29-18-9-13-20(14-10-18)32-16(2)3/h7-16H,5-6H2,1-4H3,(H,28,29,30). The van der Waals surface area contributed by atoms with Crippen molar-refractivity contribution < 1.29 is 17.9 Å². The van der Waals surface area contributed by atoms with Crippen LogP contribution in [0.3, 0.4) is 0 Å². The lowest BCUT2D eigenvalue weighted by Crippen LogP contribution is -2.19. The number of rotatable bonds is 8. The van der Waals surface area contributed by atoms with Crippen LogP contribution in [-0.4, -0.2) is 23.1 Å². The highest BCUT2D eigenvalue weighted by molar-refractivity contribution is 5.65. The minimum atomic E-state index is -4.58. The smallest absolute Gasteiger partial charge is 0.421 e. The molecule has 1 aromatic heterocycles. The Labute approximate surface area is 186 Å². The summed E-state index contributed by atoms with van der Waals surface area (Å²) in [6, 6.07) is 14.5. The van der Waals surface area contributed by atoms with Crippen LogP contribution < -0.4 is 15.0 Å². The van der Waals surface area contributed by atoms with Crippen LogP contribution in [0.4, 0.5) is 36.3 Å². The molecule has 2 aromatic carbocycles. The lowest BCUT2D eigenvalue weighted by atomic mass is 10.1. The minimum absolute atomic E-state index is 0.0428. The molecule has 32 heavy (non-hydrogen) atoms. The molecule has 0 spiro atoms. The van der Waals surface area contributed by atoms with Crippen molar-refractivity contribution >= 4 is 23.1 Å². The number of halogens is 3. The van der Waals surface area contributed by atoms with Gasteiger partial charge in [-0.2, -0.15) is 18.2 Å². The van der Waals surface area contributed by atoms with Crippen LogP contribution >= 0.6 is 0 Å². The molecule has 0 saturated carbocycles. The highest BCUT2D eigenvalue weighted by Gasteiger charge is 2.36. The van der Waals surface area contributed by atoms with Crippen LogP contribution in [0.2, 0.25) is 0 Å². The average Bonchev–Trinajstić information content (AvgIpc) is 2.74. The van der Waals surface area contributed by atoms with Crippen molar-refractivity contribution in [1.82, 2.24) is 9.97 Å². The molecule has 5 nitrogen and oxygen atoms in total. The number of alkyl halides is 3. The Balaban J connectivity index is 1.89. The largest absolute Gasteiger partial charge is 0.491 e. The van der Waals surface area contributed by atoms with Gasteiger partial charge in [0.2, 0.25) is 5.95 Å². The fraction of sp³-hybridized carbons (Fsp3) is 0.333. The molecular formula is C24H27F3N4O. The number of ether oxygens (including phenoxy) is 1. The van der Waals surface area contributed by atoms with Gasteiger partial charge in [-0.1, -0.05) is 25.5 Å². The van der Waals surface area contributed by atoms with Crippen LogP contribution in [0.15, 0.2) is 54.7 Å². The average molecular weight is 445 g/mol. The van der Waals surface area contributed by atoms with Crippen molar-refractivity contribution in [1.29, 1.82) is 0 Å². The van der Waals surface area contributed by atoms with Gasteiger partial charge in [0.05, 0.1) is 6.10 Å². The molecule has 0 aliphatic heterocycles. The van der Waals surface area contributed by atoms with Crippen LogP contribution in [0.25, 0.3) is 0 Å². The predicted octanol–water partition coefficient (Wildman–Crippen LogP) is 6.75. The maximum Gasteiger partial charge on any atom is 0.421 e. The summed E-state index contributed by atoms with van der Waals surface area (Å²) in [5.41, 5.74) is 1.48. The Morgan fingerprint density at radius 1 is 1.03 bits per heavy atom. The summed E-state index contributed by atoms with van der Waals surface area (Å²) in [6.07, 6.45) is -1.82. The number of benzene rings is 2. The van der Waals surface area contributed by atoms with Crippen molar-refractivity contribution in [3.05, 3.63) is 65.9 Å². The van der Waals surface area contributed by atoms with E-state index in [0.29, 0.717) is 17.1 Å². The van der Waals surface area contributed by atoms with Gasteiger partial charge >= 0.3 is 6.18 Å². The molecule has 3 aromatic rings. The third-order valence-corrected chi connectivity index (χ3v) is 4.74. The van der Waals surface area contributed by atoms with Crippen LogP contribution in [0.5, 0.6) is 5.75 Å². The van der Waals surface area contributed by atoms with E-state index in [2.05, 4.69) is 22.2 Å². The number of hydrogen-bond acceptors (Lipinski definition) is 5. The number of aryl methyl sites for hydroxylation is 1. The molecular weight excluding hydrogens is 417 g/mol. The Kier molecular flexibility index (Phi) is 7.22. The van der Waals surface area contributed by atoms with Crippen LogP contribution in [0, 0.1) is 0 Å². The van der Waals surface area contributed by atoms with E-state index in [1.807, 2.05) is 26.0 Å². The molecule has 0 unspecified atom stereocenters. The summed E-state index contributed by atoms with van der Waals surface area (Å²) in [6.45, 7) is 5.94. The Bertz CT molecular complexity index is 1020.